The van der Waals surface area contributed by atoms with Crippen molar-refractivity contribution in [3.8, 4) is 0 Å². The Labute approximate surface area is 236 Å². The van der Waals surface area contributed by atoms with E-state index in [4.69, 9.17) is 17.2 Å². The number of fused-ring (bicyclic) bond motifs is 1. The highest BCUT2D eigenvalue weighted by molar-refractivity contribution is 7.98. The normalized spacial score (nSPS) is 14.1. The summed E-state index contributed by atoms with van der Waals surface area (Å²) in [6, 6.07) is 2.75. The van der Waals surface area contributed by atoms with Gasteiger partial charge in [-0.25, -0.2) is 4.79 Å². The fourth-order valence-corrected chi connectivity index (χ4v) is 4.57. The summed E-state index contributed by atoms with van der Waals surface area (Å²) in [7, 11) is 0. The Morgan fingerprint density at radius 1 is 0.950 bits per heavy atom. The molecule has 2 rings (SSSR count). The molecule has 220 valence electrons. The number of rotatable bonds is 18. The molecule has 0 bridgehead atoms. The summed E-state index contributed by atoms with van der Waals surface area (Å²) in [6.07, 6.45) is 4.99. The predicted octanol–water partition coefficient (Wildman–Crippen LogP) is -0.666. The number of para-hydroxylation sites is 1. The Balaban J connectivity index is 2.27. The average Bonchev–Trinajstić information content (AvgIpc) is 3.32. The van der Waals surface area contributed by atoms with Crippen LogP contribution in [-0.4, -0.2) is 82.4 Å². The van der Waals surface area contributed by atoms with Crippen LogP contribution in [-0.2, 0) is 30.4 Å². The SMILES string of the molecule is CSCCC(NC(=O)C(N)CCCCN)C(=O)NC(Cc1c[nH]c2ccccc12)C(=O)NC(CC(N)=O)C(=O)O. The van der Waals surface area contributed by atoms with Gasteiger partial charge in [0.25, 0.3) is 0 Å². The van der Waals surface area contributed by atoms with E-state index in [0.717, 1.165) is 17.3 Å². The van der Waals surface area contributed by atoms with Gasteiger partial charge in [0.2, 0.25) is 23.6 Å². The van der Waals surface area contributed by atoms with Gasteiger partial charge in [-0.2, -0.15) is 11.8 Å². The van der Waals surface area contributed by atoms with Crippen LogP contribution in [0, 0.1) is 0 Å². The first-order valence-electron chi connectivity index (χ1n) is 13.0. The van der Waals surface area contributed by atoms with E-state index in [1.54, 1.807) is 6.20 Å². The van der Waals surface area contributed by atoms with Crippen molar-refractivity contribution in [3.05, 3.63) is 36.0 Å². The van der Waals surface area contributed by atoms with Crippen LogP contribution >= 0.6 is 11.8 Å². The molecule has 0 spiro atoms. The lowest BCUT2D eigenvalue weighted by molar-refractivity contribution is -0.143. The molecule has 14 heteroatoms. The fourth-order valence-electron chi connectivity index (χ4n) is 4.10. The third kappa shape index (κ3) is 10.2. The number of nitrogens with two attached hydrogens (primary N) is 3. The zero-order valence-electron chi connectivity index (χ0n) is 22.5. The van der Waals surface area contributed by atoms with Gasteiger partial charge in [0.15, 0.2) is 0 Å². The number of aromatic amines is 1. The van der Waals surface area contributed by atoms with Crippen LogP contribution in [0.5, 0.6) is 0 Å². The summed E-state index contributed by atoms with van der Waals surface area (Å²) in [6.45, 7) is 0.481. The minimum absolute atomic E-state index is 0.00624. The van der Waals surface area contributed by atoms with Crippen molar-refractivity contribution in [2.24, 2.45) is 17.2 Å². The summed E-state index contributed by atoms with van der Waals surface area (Å²) >= 11 is 1.48. The lowest BCUT2D eigenvalue weighted by Crippen LogP contribution is -2.58. The van der Waals surface area contributed by atoms with Gasteiger partial charge in [-0.15, -0.1) is 0 Å². The maximum absolute atomic E-state index is 13.4. The number of primary amides is 1. The zero-order chi connectivity index (χ0) is 29.7. The molecule has 0 fully saturated rings. The van der Waals surface area contributed by atoms with Crippen LogP contribution in [0.3, 0.4) is 0 Å². The average molecular weight is 578 g/mol. The Morgan fingerprint density at radius 2 is 1.60 bits per heavy atom. The second-order valence-corrected chi connectivity index (χ2v) is 10.4. The number of H-pyrrole nitrogens is 1. The number of carbonyl (C=O) groups excluding carboxylic acids is 4. The molecule has 11 N–H and O–H groups in total. The molecule has 13 nitrogen and oxygen atoms in total. The molecule has 0 aliphatic carbocycles. The highest BCUT2D eigenvalue weighted by Crippen LogP contribution is 2.19. The van der Waals surface area contributed by atoms with E-state index in [1.165, 1.54) is 11.8 Å². The van der Waals surface area contributed by atoms with E-state index >= 15 is 0 Å². The number of nitrogens with one attached hydrogen (secondary N) is 4. The molecule has 40 heavy (non-hydrogen) atoms. The van der Waals surface area contributed by atoms with E-state index in [-0.39, 0.29) is 12.8 Å². The number of hydrogen-bond donors (Lipinski definition) is 8. The Morgan fingerprint density at radius 3 is 2.25 bits per heavy atom. The molecule has 4 atom stereocenters. The van der Waals surface area contributed by atoms with Gasteiger partial charge in [0, 0.05) is 23.5 Å². The van der Waals surface area contributed by atoms with Gasteiger partial charge < -0.3 is 43.2 Å². The molecule has 0 aliphatic heterocycles. The number of aromatic nitrogens is 1. The van der Waals surface area contributed by atoms with E-state index in [1.807, 2.05) is 30.5 Å². The number of carboxylic acids is 1. The predicted molar refractivity (Wildman–Crippen MR) is 153 cm³/mol. The van der Waals surface area contributed by atoms with Crippen molar-refractivity contribution in [1.29, 1.82) is 0 Å². The van der Waals surface area contributed by atoms with Gasteiger partial charge in [0.1, 0.15) is 18.1 Å². The standard InChI is InChI=1S/C26H39N7O6S/c1-40-11-9-19(31-23(35)17(28)7-4-5-10-27)24(36)32-20(25(37)33-21(26(38)39)13-22(29)34)12-15-14-30-18-8-3-2-6-16(15)18/h2-3,6,8,14,17,19-21,30H,4-5,7,9-13,27-28H2,1H3,(H2,29,34)(H,31,35)(H,32,36)(H,33,37)(H,38,39). The van der Waals surface area contributed by atoms with E-state index in [9.17, 15) is 29.1 Å². The van der Waals surface area contributed by atoms with Gasteiger partial charge in [0.05, 0.1) is 12.5 Å². The highest BCUT2D eigenvalue weighted by atomic mass is 32.2. The Kier molecular flexibility index (Phi) is 13.4. The maximum atomic E-state index is 13.4. The summed E-state index contributed by atoms with van der Waals surface area (Å²) in [5.41, 5.74) is 18.2. The number of amides is 4. The van der Waals surface area contributed by atoms with Crippen molar-refractivity contribution < 1.29 is 29.1 Å². The van der Waals surface area contributed by atoms with Crippen LogP contribution in [0.15, 0.2) is 30.5 Å². The Bertz CT molecular complexity index is 1170. The number of carboxylic acid groups (broad SMARTS) is 1. The molecular formula is C26H39N7O6S. The van der Waals surface area contributed by atoms with Crippen LogP contribution in [0.25, 0.3) is 10.9 Å². The van der Waals surface area contributed by atoms with Crippen LogP contribution < -0.4 is 33.2 Å². The molecule has 2 aromatic rings. The number of thioether (sulfide) groups is 1. The van der Waals surface area contributed by atoms with Crippen molar-refractivity contribution >= 4 is 52.3 Å². The van der Waals surface area contributed by atoms with Crippen molar-refractivity contribution in [1.82, 2.24) is 20.9 Å². The number of carbonyl (C=O) groups is 5. The van der Waals surface area contributed by atoms with E-state index in [0.29, 0.717) is 30.7 Å². The van der Waals surface area contributed by atoms with E-state index < -0.39 is 60.2 Å². The molecule has 1 aromatic carbocycles. The first-order valence-corrected chi connectivity index (χ1v) is 14.4. The second-order valence-electron chi connectivity index (χ2n) is 9.43. The number of hydrogen-bond acceptors (Lipinski definition) is 8. The topological polar surface area (TPSA) is 236 Å². The quantitative estimate of drug-likeness (QED) is 0.105. The molecule has 4 unspecified atom stereocenters. The molecule has 1 aromatic heterocycles. The zero-order valence-corrected chi connectivity index (χ0v) is 23.3. The molecule has 0 radical (unpaired) electrons. The summed E-state index contributed by atoms with van der Waals surface area (Å²) < 4.78 is 0. The largest absolute Gasteiger partial charge is 0.480 e. The van der Waals surface area contributed by atoms with E-state index in [2.05, 4.69) is 20.9 Å². The third-order valence-electron chi connectivity index (χ3n) is 6.30. The van der Waals surface area contributed by atoms with Crippen molar-refractivity contribution in [2.75, 3.05) is 18.6 Å². The molecule has 0 saturated heterocycles. The fraction of sp³-hybridized carbons (Fsp3) is 0.500. The maximum Gasteiger partial charge on any atom is 0.326 e. The van der Waals surface area contributed by atoms with Crippen molar-refractivity contribution in [2.45, 2.75) is 62.7 Å². The molecule has 4 amide bonds. The number of benzene rings is 1. The monoisotopic (exact) mass is 577 g/mol. The summed E-state index contributed by atoms with van der Waals surface area (Å²) in [4.78, 5) is 65.5. The first-order chi connectivity index (χ1) is 19.1. The lowest BCUT2D eigenvalue weighted by atomic mass is 10.0. The molecule has 0 saturated carbocycles. The minimum Gasteiger partial charge on any atom is -0.480 e. The molecule has 1 heterocycles. The first kappa shape index (κ1) is 32.6. The smallest absolute Gasteiger partial charge is 0.326 e. The van der Waals surface area contributed by atoms with Gasteiger partial charge in [-0.05, 0) is 49.4 Å². The van der Waals surface area contributed by atoms with Crippen molar-refractivity contribution in [3.63, 3.8) is 0 Å². The number of unbranched alkanes of at least 4 members (excludes halogenated alkanes) is 1. The van der Waals surface area contributed by atoms with Gasteiger partial charge in [-0.3, -0.25) is 19.2 Å². The van der Waals surface area contributed by atoms with Gasteiger partial charge >= 0.3 is 5.97 Å². The lowest BCUT2D eigenvalue weighted by Gasteiger charge is -2.25. The third-order valence-corrected chi connectivity index (χ3v) is 6.95. The summed E-state index contributed by atoms with van der Waals surface area (Å²) in [5.74, 6) is -3.76. The van der Waals surface area contributed by atoms with Gasteiger partial charge in [-0.1, -0.05) is 24.6 Å². The van der Waals surface area contributed by atoms with Crippen LogP contribution in [0.4, 0.5) is 0 Å². The molecule has 0 aliphatic rings. The number of aliphatic carboxylic acids is 1. The Hall–Kier alpha value is -3.62. The minimum atomic E-state index is -1.58. The molecular weight excluding hydrogens is 538 g/mol. The van der Waals surface area contributed by atoms with Crippen LogP contribution in [0.2, 0.25) is 0 Å². The summed E-state index contributed by atoms with van der Waals surface area (Å²) in [5, 5.41) is 17.9. The highest BCUT2D eigenvalue weighted by Gasteiger charge is 2.31. The van der Waals surface area contributed by atoms with Crippen LogP contribution in [0.1, 0.15) is 37.7 Å². The second kappa shape index (κ2) is 16.5.